The first-order valence-corrected chi connectivity index (χ1v) is 7.55. The monoisotopic (exact) mass is 325 g/mol. The van der Waals surface area contributed by atoms with Crippen LogP contribution in [0, 0.1) is 0 Å². The van der Waals surface area contributed by atoms with E-state index in [-0.39, 0.29) is 30.8 Å². The second kappa shape index (κ2) is 9.43. The van der Waals surface area contributed by atoms with Crippen molar-refractivity contribution in [2.24, 2.45) is 5.73 Å². The van der Waals surface area contributed by atoms with Gasteiger partial charge in [0.15, 0.2) is 0 Å². The summed E-state index contributed by atoms with van der Waals surface area (Å²) in [6, 6.07) is 7.43. The Balaban J connectivity index is 0.00000242. The van der Waals surface area contributed by atoms with Gasteiger partial charge in [-0.25, -0.2) is 0 Å². The van der Waals surface area contributed by atoms with Crippen molar-refractivity contribution in [3.05, 3.63) is 29.8 Å². The molecule has 6 heteroatoms. The van der Waals surface area contributed by atoms with Crippen LogP contribution in [0.1, 0.15) is 37.7 Å². The average Bonchev–Trinajstić information content (AvgIpc) is 2.48. The molecule has 1 aromatic carbocycles. The number of benzene rings is 1. The SMILES string of the molecule is Cl.NCc1ccc(NC(=O)CN2CCCCCCC2=O)cc1. The Bertz CT molecular complexity index is 491. The Morgan fingerprint density at radius 3 is 2.50 bits per heavy atom. The second-order valence-electron chi connectivity index (χ2n) is 5.43. The maximum atomic E-state index is 12.0. The van der Waals surface area contributed by atoms with Gasteiger partial charge in [0.1, 0.15) is 0 Å². The number of carbonyl (C=O) groups excluding carboxylic acids is 2. The minimum absolute atomic E-state index is 0. The van der Waals surface area contributed by atoms with Crippen molar-refractivity contribution in [1.29, 1.82) is 0 Å². The van der Waals surface area contributed by atoms with Crippen molar-refractivity contribution >= 4 is 29.9 Å². The van der Waals surface area contributed by atoms with Gasteiger partial charge in [-0.2, -0.15) is 0 Å². The lowest BCUT2D eigenvalue weighted by Gasteiger charge is -2.24. The van der Waals surface area contributed by atoms with Crippen LogP contribution in [-0.2, 0) is 16.1 Å². The van der Waals surface area contributed by atoms with Crippen LogP contribution in [0.5, 0.6) is 0 Å². The molecule has 1 fully saturated rings. The lowest BCUT2D eigenvalue weighted by atomic mass is 10.1. The molecule has 0 radical (unpaired) electrons. The molecular formula is C16H24ClN3O2. The Kier molecular flexibility index (Phi) is 7.91. The molecule has 3 N–H and O–H groups in total. The van der Waals surface area contributed by atoms with Crippen LogP contribution < -0.4 is 11.1 Å². The number of carbonyl (C=O) groups is 2. The maximum absolute atomic E-state index is 12.0. The van der Waals surface area contributed by atoms with E-state index in [1.165, 1.54) is 0 Å². The number of likely N-dealkylation sites (tertiary alicyclic amines) is 1. The third kappa shape index (κ3) is 5.66. The summed E-state index contributed by atoms with van der Waals surface area (Å²) in [6.45, 7) is 1.30. The topological polar surface area (TPSA) is 75.4 Å². The summed E-state index contributed by atoms with van der Waals surface area (Å²) >= 11 is 0. The van der Waals surface area contributed by atoms with Crippen LogP contribution in [-0.4, -0.2) is 29.8 Å². The minimum Gasteiger partial charge on any atom is -0.333 e. The molecule has 5 nitrogen and oxygen atoms in total. The van der Waals surface area contributed by atoms with E-state index in [1.54, 1.807) is 4.90 Å². The van der Waals surface area contributed by atoms with Gasteiger partial charge in [0.05, 0.1) is 6.54 Å². The summed E-state index contributed by atoms with van der Waals surface area (Å²) in [5, 5.41) is 2.82. The molecule has 0 aromatic heterocycles. The third-order valence-electron chi connectivity index (χ3n) is 3.73. The van der Waals surface area contributed by atoms with Crippen molar-refractivity contribution in [1.82, 2.24) is 4.90 Å². The van der Waals surface area contributed by atoms with Gasteiger partial charge >= 0.3 is 0 Å². The zero-order valence-corrected chi connectivity index (χ0v) is 13.5. The van der Waals surface area contributed by atoms with E-state index in [9.17, 15) is 9.59 Å². The molecule has 1 aliphatic rings. The second-order valence-corrected chi connectivity index (χ2v) is 5.43. The molecule has 2 rings (SSSR count). The molecule has 0 unspecified atom stereocenters. The Labute approximate surface area is 137 Å². The lowest BCUT2D eigenvalue weighted by Crippen LogP contribution is -2.39. The first-order chi connectivity index (χ1) is 10.2. The molecule has 1 aromatic rings. The number of rotatable bonds is 4. The van der Waals surface area contributed by atoms with Crippen LogP contribution in [0.4, 0.5) is 5.69 Å². The Morgan fingerprint density at radius 2 is 1.82 bits per heavy atom. The van der Waals surface area contributed by atoms with Gasteiger partial charge in [0.2, 0.25) is 11.8 Å². The number of hydrogen-bond acceptors (Lipinski definition) is 3. The molecule has 0 atom stereocenters. The fraction of sp³-hybridized carbons (Fsp3) is 0.500. The summed E-state index contributed by atoms with van der Waals surface area (Å²) < 4.78 is 0. The summed E-state index contributed by atoms with van der Waals surface area (Å²) in [6.07, 6.45) is 4.70. The summed E-state index contributed by atoms with van der Waals surface area (Å²) in [7, 11) is 0. The van der Waals surface area contributed by atoms with E-state index in [2.05, 4.69) is 5.32 Å². The van der Waals surface area contributed by atoms with Gasteiger partial charge in [0, 0.05) is 25.2 Å². The number of nitrogens with two attached hydrogens (primary N) is 1. The Hall–Kier alpha value is -1.59. The summed E-state index contributed by atoms with van der Waals surface area (Å²) in [5.41, 5.74) is 7.29. The van der Waals surface area contributed by atoms with Crippen molar-refractivity contribution in [2.75, 3.05) is 18.4 Å². The van der Waals surface area contributed by atoms with Gasteiger partial charge in [-0.15, -0.1) is 12.4 Å². The quantitative estimate of drug-likeness (QED) is 0.892. The van der Waals surface area contributed by atoms with Crippen LogP contribution in [0.2, 0.25) is 0 Å². The third-order valence-corrected chi connectivity index (χ3v) is 3.73. The number of anilines is 1. The highest BCUT2D eigenvalue weighted by molar-refractivity contribution is 5.94. The zero-order valence-electron chi connectivity index (χ0n) is 12.7. The average molecular weight is 326 g/mol. The molecule has 22 heavy (non-hydrogen) atoms. The summed E-state index contributed by atoms with van der Waals surface area (Å²) in [5.74, 6) is -0.0623. The van der Waals surface area contributed by atoms with Crippen molar-refractivity contribution < 1.29 is 9.59 Å². The predicted octanol–water partition coefficient (Wildman–Crippen LogP) is 2.30. The molecule has 0 spiro atoms. The maximum Gasteiger partial charge on any atom is 0.243 e. The van der Waals surface area contributed by atoms with E-state index in [1.807, 2.05) is 24.3 Å². The number of amides is 2. The highest BCUT2D eigenvalue weighted by Gasteiger charge is 2.18. The highest BCUT2D eigenvalue weighted by atomic mass is 35.5. The van der Waals surface area contributed by atoms with Gasteiger partial charge in [-0.3, -0.25) is 9.59 Å². The van der Waals surface area contributed by atoms with Crippen LogP contribution in [0.25, 0.3) is 0 Å². The van der Waals surface area contributed by atoms with E-state index in [0.717, 1.165) is 36.9 Å². The van der Waals surface area contributed by atoms with Gasteiger partial charge in [-0.05, 0) is 30.5 Å². The molecule has 0 bridgehead atoms. The largest absolute Gasteiger partial charge is 0.333 e. The molecule has 1 saturated heterocycles. The van der Waals surface area contributed by atoms with E-state index >= 15 is 0 Å². The van der Waals surface area contributed by atoms with Crippen LogP contribution >= 0.6 is 12.4 Å². The van der Waals surface area contributed by atoms with Crippen molar-refractivity contribution in [3.63, 3.8) is 0 Å². The molecule has 122 valence electrons. The number of nitrogens with one attached hydrogen (secondary N) is 1. The predicted molar refractivity (Wildman–Crippen MR) is 89.9 cm³/mol. The molecule has 2 amide bonds. The minimum atomic E-state index is -0.149. The van der Waals surface area contributed by atoms with Crippen LogP contribution in [0.3, 0.4) is 0 Å². The Morgan fingerprint density at radius 1 is 1.14 bits per heavy atom. The normalized spacial score (nSPS) is 15.5. The molecule has 0 aliphatic carbocycles. The van der Waals surface area contributed by atoms with Gasteiger partial charge in [-0.1, -0.05) is 25.0 Å². The van der Waals surface area contributed by atoms with Gasteiger partial charge < -0.3 is 16.0 Å². The zero-order chi connectivity index (χ0) is 15.1. The van der Waals surface area contributed by atoms with E-state index in [4.69, 9.17) is 5.73 Å². The number of halogens is 1. The molecule has 0 saturated carbocycles. The summed E-state index contributed by atoms with van der Waals surface area (Å²) in [4.78, 5) is 25.7. The van der Waals surface area contributed by atoms with E-state index < -0.39 is 0 Å². The number of hydrogen-bond donors (Lipinski definition) is 2. The fourth-order valence-electron chi connectivity index (χ4n) is 2.48. The molecule has 1 aliphatic heterocycles. The standard InChI is InChI=1S/C16H23N3O2.ClH/c17-11-13-6-8-14(9-7-13)18-15(20)12-19-10-4-2-1-3-5-16(19)21;/h6-9H,1-5,10-12,17H2,(H,18,20);1H. The highest BCUT2D eigenvalue weighted by Crippen LogP contribution is 2.13. The van der Waals surface area contributed by atoms with Crippen LogP contribution in [0.15, 0.2) is 24.3 Å². The smallest absolute Gasteiger partial charge is 0.243 e. The van der Waals surface area contributed by atoms with Crippen molar-refractivity contribution in [2.45, 2.75) is 38.6 Å². The molecular weight excluding hydrogens is 302 g/mol. The first-order valence-electron chi connectivity index (χ1n) is 7.55. The molecule has 1 heterocycles. The first kappa shape index (κ1) is 18.5. The van der Waals surface area contributed by atoms with Crippen molar-refractivity contribution in [3.8, 4) is 0 Å². The van der Waals surface area contributed by atoms with E-state index in [0.29, 0.717) is 19.5 Å². The lowest BCUT2D eigenvalue weighted by molar-refractivity contribution is -0.135. The number of nitrogens with zero attached hydrogens (tertiary/aromatic N) is 1. The fourth-order valence-corrected chi connectivity index (χ4v) is 2.48. The van der Waals surface area contributed by atoms with Gasteiger partial charge in [0.25, 0.3) is 0 Å².